The number of hydrogen-bond donors (Lipinski definition) is 3. The van der Waals surface area contributed by atoms with Crippen molar-refractivity contribution < 1.29 is 55.8 Å². The van der Waals surface area contributed by atoms with Gasteiger partial charge in [0.15, 0.2) is 9.84 Å². The Morgan fingerprint density at radius 3 is 2.45 bits per heavy atom. The van der Waals surface area contributed by atoms with Gasteiger partial charge >= 0.3 is 0 Å². The van der Waals surface area contributed by atoms with Crippen molar-refractivity contribution in [2.24, 2.45) is 0 Å². The first-order valence-electron chi connectivity index (χ1n) is 9.37. The number of nitrogens with one attached hydrogen (secondary N) is 2. The molecule has 1 aromatic heterocycles. The Balaban J connectivity index is 0.00000480. The Bertz CT molecular complexity index is 1020. The SMILES string of the molecule is CCC(C(=O)Nc1[c-]cc(NCOC(C)=C(C)C)c(O)c1)S(=O)(=O)c1ccncc1.[Y]. The molecular formula is C21H26N3O5SY-. The summed E-state index contributed by atoms with van der Waals surface area (Å²) in [5, 5.41) is 14.3. The van der Waals surface area contributed by atoms with Crippen molar-refractivity contribution in [3.05, 3.63) is 54.1 Å². The standard InChI is InChI=1S/C21H26N3O5S.Y/c1-5-20(30(27,28)17-8-10-22-11-9-17)21(26)24-16-6-7-18(19(25)12-16)23-13-29-15(4)14(2)3;/h7-12,20,23,25H,5,13H2,1-4H3,(H,24,26);/q-1;. The monoisotopic (exact) mass is 521 g/mol. The van der Waals surface area contributed by atoms with Gasteiger partial charge in [-0.25, -0.2) is 8.42 Å². The van der Waals surface area contributed by atoms with E-state index in [9.17, 15) is 18.3 Å². The molecule has 3 N–H and O–H groups in total. The number of hydrogen-bond acceptors (Lipinski definition) is 7. The van der Waals surface area contributed by atoms with Crippen LogP contribution in [0.3, 0.4) is 0 Å². The van der Waals surface area contributed by atoms with Crippen LogP contribution in [0.1, 0.15) is 34.1 Å². The third-order valence-corrected chi connectivity index (χ3v) is 6.68. The molecule has 1 heterocycles. The number of anilines is 2. The second-order valence-electron chi connectivity index (χ2n) is 6.78. The number of pyridine rings is 1. The van der Waals surface area contributed by atoms with E-state index >= 15 is 0 Å². The molecule has 8 nitrogen and oxygen atoms in total. The normalized spacial score (nSPS) is 11.6. The molecule has 1 amide bonds. The van der Waals surface area contributed by atoms with E-state index in [1.807, 2.05) is 20.8 Å². The molecule has 2 rings (SSSR count). The minimum atomic E-state index is -3.88. The number of aromatic hydroxyl groups is 1. The zero-order valence-corrected chi connectivity index (χ0v) is 21.6. The van der Waals surface area contributed by atoms with Gasteiger partial charge in [-0.1, -0.05) is 12.6 Å². The average Bonchev–Trinajstić information content (AvgIpc) is 2.70. The first-order chi connectivity index (χ1) is 14.2. The number of nitrogens with zero attached hydrogens (tertiary/aromatic N) is 1. The van der Waals surface area contributed by atoms with Gasteiger partial charge in [0.2, 0.25) is 5.91 Å². The van der Waals surface area contributed by atoms with Gasteiger partial charge in [-0.2, -0.15) is 6.07 Å². The quantitative estimate of drug-likeness (QED) is 0.200. The summed E-state index contributed by atoms with van der Waals surface area (Å²) in [7, 11) is -3.88. The molecule has 0 aliphatic heterocycles. The summed E-state index contributed by atoms with van der Waals surface area (Å²) in [4.78, 5) is 16.4. The molecule has 0 aliphatic rings. The molecule has 0 fully saturated rings. The maximum Gasteiger partial charge on any atom is 0.241 e. The Morgan fingerprint density at radius 2 is 1.90 bits per heavy atom. The van der Waals surface area contributed by atoms with E-state index in [2.05, 4.69) is 21.7 Å². The smallest absolute Gasteiger partial charge is 0.241 e. The van der Waals surface area contributed by atoms with Gasteiger partial charge < -0.3 is 20.5 Å². The third kappa shape index (κ3) is 7.30. The minimum Gasteiger partial charge on any atom is -0.531 e. The van der Waals surface area contributed by atoms with Gasteiger partial charge in [-0.05, 0) is 50.6 Å². The molecule has 165 valence electrons. The second kappa shape index (κ2) is 12.2. The number of aromatic nitrogens is 1. The maximum absolute atomic E-state index is 12.8. The molecule has 0 saturated heterocycles. The summed E-state index contributed by atoms with van der Waals surface area (Å²) < 4.78 is 31.0. The molecule has 0 bridgehead atoms. The van der Waals surface area contributed by atoms with Gasteiger partial charge in [0.05, 0.1) is 10.7 Å². The van der Waals surface area contributed by atoms with Crippen LogP contribution in [0.5, 0.6) is 5.75 Å². The van der Waals surface area contributed by atoms with E-state index in [-0.39, 0.29) is 62.2 Å². The Kier molecular flexibility index (Phi) is 10.6. The van der Waals surface area contributed by atoms with Crippen LogP contribution in [0.4, 0.5) is 11.4 Å². The van der Waals surface area contributed by atoms with Crippen LogP contribution in [-0.4, -0.2) is 36.4 Å². The van der Waals surface area contributed by atoms with Gasteiger partial charge in [0.25, 0.3) is 0 Å². The summed E-state index contributed by atoms with van der Waals surface area (Å²) in [5.41, 5.74) is 1.57. The topological polar surface area (TPSA) is 118 Å². The van der Waals surface area contributed by atoms with Crippen LogP contribution in [0.15, 0.2) is 52.9 Å². The largest absolute Gasteiger partial charge is 0.531 e. The molecule has 1 radical (unpaired) electrons. The van der Waals surface area contributed by atoms with E-state index in [1.165, 1.54) is 36.7 Å². The Hall–Kier alpha value is -1.97. The summed E-state index contributed by atoms with van der Waals surface area (Å²) in [6.45, 7) is 7.46. The number of sulfone groups is 1. The number of benzene rings is 1. The summed E-state index contributed by atoms with van der Waals surface area (Å²) in [6.07, 6.45) is 2.80. The number of phenols is 1. The second-order valence-corrected chi connectivity index (χ2v) is 8.91. The van der Waals surface area contributed by atoms with Crippen LogP contribution in [0, 0.1) is 6.07 Å². The zero-order valence-electron chi connectivity index (χ0n) is 18.0. The minimum absolute atomic E-state index is 0. The van der Waals surface area contributed by atoms with Gasteiger partial charge in [0.1, 0.15) is 12.0 Å². The molecule has 1 aromatic carbocycles. The van der Waals surface area contributed by atoms with Crippen LogP contribution in [0.25, 0.3) is 0 Å². The first kappa shape index (κ1) is 27.1. The molecule has 1 atom stereocenters. The van der Waals surface area contributed by atoms with Crippen molar-refractivity contribution in [3.63, 3.8) is 0 Å². The predicted molar refractivity (Wildman–Crippen MR) is 115 cm³/mol. The first-order valence-corrected chi connectivity index (χ1v) is 10.9. The number of carbonyl (C=O) groups is 1. The molecule has 2 aromatic rings. The van der Waals surface area contributed by atoms with Crippen LogP contribution in [0.2, 0.25) is 0 Å². The fourth-order valence-electron chi connectivity index (χ4n) is 2.51. The van der Waals surface area contributed by atoms with E-state index in [4.69, 9.17) is 4.74 Å². The molecule has 0 aliphatic carbocycles. The summed E-state index contributed by atoms with van der Waals surface area (Å²) in [6, 6.07) is 8.25. The Morgan fingerprint density at radius 1 is 1.26 bits per heavy atom. The number of ether oxygens (including phenoxy) is 1. The van der Waals surface area contributed by atoms with Crippen LogP contribution >= 0.6 is 0 Å². The van der Waals surface area contributed by atoms with Gasteiger partial charge in [0, 0.05) is 50.9 Å². The fourth-order valence-corrected chi connectivity index (χ4v) is 4.12. The number of carbonyl (C=O) groups excluding carboxylic acids is 1. The predicted octanol–water partition coefficient (Wildman–Crippen LogP) is 3.48. The molecule has 10 heteroatoms. The number of allylic oxidation sites excluding steroid dienone is 2. The van der Waals surface area contributed by atoms with Crippen molar-refractivity contribution in [1.29, 1.82) is 0 Å². The molecule has 0 saturated carbocycles. The molecule has 1 unspecified atom stereocenters. The average molecular weight is 521 g/mol. The van der Waals surface area contributed by atoms with Crippen molar-refractivity contribution in [2.45, 2.75) is 44.3 Å². The van der Waals surface area contributed by atoms with Crippen LogP contribution < -0.4 is 10.6 Å². The summed E-state index contributed by atoms with van der Waals surface area (Å²) >= 11 is 0. The maximum atomic E-state index is 12.8. The van der Waals surface area contributed by atoms with Crippen molar-refractivity contribution in [2.75, 3.05) is 17.4 Å². The Labute approximate surface area is 208 Å². The van der Waals surface area contributed by atoms with E-state index in [0.717, 1.165) is 11.3 Å². The van der Waals surface area contributed by atoms with E-state index < -0.39 is 21.0 Å². The molecule has 0 spiro atoms. The summed E-state index contributed by atoms with van der Waals surface area (Å²) in [5.74, 6) is -0.0587. The van der Waals surface area contributed by atoms with Gasteiger partial charge in [-0.15, -0.1) is 12.1 Å². The number of phenolic OH excluding ortho intramolecular Hbond substituents is 1. The van der Waals surface area contributed by atoms with E-state index in [1.54, 1.807) is 6.92 Å². The van der Waals surface area contributed by atoms with Crippen molar-refractivity contribution in [1.82, 2.24) is 4.98 Å². The zero-order chi connectivity index (χ0) is 22.3. The van der Waals surface area contributed by atoms with Crippen molar-refractivity contribution in [3.8, 4) is 5.75 Å². The fraction of sp³-hybridized carbons (Fsp3) is 0.333. The molecular weight excluding hydrogens is 495 g/mol. The van der Waals surface area contributed by atoms with Crippen molar-refractivity contribution >= 4 is 27.1 Å². The third-order valence-electron chi connectivity index (χ3n) is 4.46. The van der Waals surface area contributed by atoms with Crippen LogP contribution in [-0.2, 0) is 52.1 Å². The number of rotatable bonds is 9. The van der Waals surface area contributed by atoms with Gasteiger partial charge in [-0.3, -0.25) is 9.78 Å². The number of amides is 1. The molecule has 31 heavy (non-hydrogen) atoms. The van der Waals surface area contributed by atoms with E-state index in [0.29, 0.717) is 5.69 Å².